The molecule has 0 aliphatic carbocycles. The summed E-state index contributed by atoms with van der Waals surface area (Å²) in [5, 5.41) is 0. The Morgan fingerprint density at radius 2 is 1.95 bits per heavy atom. The molecule has 8 heteroatoms. The van der Waals surface area contributed by atoms with E-state index in [1.165, 1.54) is 0 Å². The Hall–Kier alpha value is -1.25. The van der Waals surface area contributed by atoms with Crippen molar-refractivity contribution in [2.75, 3.05) is 25.9 Å². The van der Waals surface area contributed by atoms with Gasteiger partial charge in [-0.3, -0.25) is 0 Å². The predicted molar refractivity (Wildman–Crippen MR) is 78.3 cm³/mol. The molecule has 0 amide bonds. The summed E-state index contributed by atoms with van der Waals surface area (Å²) in [6, 6.07) is 1.56. The maximum Gasteiger partial charge on any atom is 0.243 e. The van der Waals surface area contributed by atoms with E-state index < -0.39 is 32.2 Å². The maximum absolute atomic E-state index is 13.6. The largest absolute Gasteiger partial charge is 0.396 e. The third-order valence-corrected chi connectivity index (χ3v) is 4.92. The van der Waals surface area contributed by atoms with Crippen molar-refractivity contribution in [2.45, 2.75) is 31.2 Å². The second-order valence-electron chi connectivity index (χ2n) is 4.94. The van der Waals surface area contributed by atoms with Crippen LogP contribution in [-0.4, -0.2) is 39.5 Å². The van der Waals surface area contributed by atoms with Gasteiger partial charge in [-0.25, -0.2) is 21.9 Å². The normalized spacial score (nSPS) is 13.6. The zero-order chi connectivity index (χ0) is 16.2. The van der Waals surface area contributed by atoms with Gasteiger partial charge in [-0.15, -0.1) is 0 Å². The van der Waals surface area contributed by atoms with Crippen molar-refractivity contribution in [3.63, 3.8) is 0 Å². The highest BCUT2D eigenvalue weighted by Crippen LogP contribution is 2.20. The molecule has 21 heavy (non-hydrogen) atoms. The topological polar surface area (TPSA) is 75.4 Å². The highest BCUT2D eigenvalue weighted by Gasteiger charge is 2.21. The van der Waals surface area contributed by atoms with Gasteiger partial charge in [0.25, 0.3) is 0 Å². The van der Waals surface area contributed by atoms with Crippen LogP contribution in [0.3, 0.4) is 0 Å². The fourth-order valence-electron chi connectivity index (χ4n) is 1.72. The summed E-state index contributed by atoms with van der Waals surface area (Å²) in [7, 11) is -2.18. The number of sulfonamides is 1. The first kappa shape index (κ1) is 17.8. The van der Waals surface area contributed by atoms with Crippen LogP contribution in [0.25, 0.3) is 0 Å². The van der Waals surface area contributed by atoms with Crippen molar-refractivity contribution in [2.24, 2.45) is 0 Å². The van der Waals surface area contributed by atoms with Gasteiger partial charge in [-0.05, 0) is 26.5 Å². The lowest BCUT2D eigenvalue weighted by Crippen LogP contribution is -2.37. The number of anilines is 1. The summed E-state index contributed by atoms with van der Waals surface area (Å²) in [5.74, 6) is -2.15. The third-order valence-electron chi connectivity index (χ3n) is 3.44. The van der Waals surface area contributed by atoms with Gasteiger partial charge in [0.1, 0.15) is 16.5 Å². The highest BCUT2D eigenvalue weighted by molar-refractivity contribution is 7.89. The molecule has 1 unspecified atom stereocenters. The highest BCUT2D eigenvalue weighted by atomic mass is 32.2. The molecule has 0 saturated carbocycles. The quantitative estimate of drug-likeness (QED) is 0.747. The number of rotatable bonds is 7. The van der Waals surface area contributed by atoms with Gasteiger partial charge in [0.05, 0.1) is 5.69 Å². The summed E-state index contributed by atoms with van der Waals surface area (Å²) >= 11 is 0. The van der Waals surface area contributed by atoms with E-state index in [4.69, 9.17) is 5.73 Å². The van der Waals surface area contributed by atoms with Crippen molar-refractivity contribution in [1.82, 2.24) is 9.62 Å². The van der Waals surface area contributed by atoms with Crippen molar-refractivity contribution in [1.29, 1.82) is 0 Å². The second kappa shape index (κ2) is 7.15. The van der Waals surface area contributed by atoms with Crippen molar-refractivity contribution in [3.8, 4) is 0 Å². The first-order valence-electron chi connectivity index (χ1n) is 6.63. The van der Waals surface area contributed by atoms with Crippen LogP contribution in [0.15, 0.2) is 17.0 Å². The molecule has 120 valence electrons. The summed E-state index contributed by atoms with van der Waals surface area (Å²) in [4.78, 5) is 1.34. The van der Waals surface area contributed by atoms with Gasteiger partial charge in [-0.2, -0.15) is 0 Å². The van der Waals surface area contributed by atoms with Crippen LogP contribution in [0.4, 0.5) is 14.5 Å². The Bertz CT molecular complexity index is 593. The second-order valence-corrected chi connectivity index (χ2v) is 6.68. The van der Waals surface area contributed by atoms with Crippen LogP contribution in [0.1, 0.15) is 20.3 Å². The van der Waals surface area contributed by atoms with Crippen molar-refractivity contribution in [3.05, 3.63) is 23.8 Å². The van der Waals surface area contributed by atoms with Crippen LogP contribution in [0.2, 0.25) is 0 Å². The minimum atomic E-state index is -4.06. The zero-order valence-corrected chi connectivity index (χ0v) is 13.2. The summed E-state index contributed by atoms with van der Waals surface area (Å²) in [6.45, 7) is 4.66. The molecule has 3 N–H and O–H groups in total. The van der Waals surface area contributed by atoms with E-state index >= 15 is 0 Å². The number of halogens is 2. The smallest absolute Gasteiger partial charge is 0.243 e. The van der Waals surface area contributed by atoms with E-state index in [9.17, 15) is 17.2 Å². The van der Waals surface area contributed by atoms with Crippen LogP contribution in [-0.2, 0) is 10.0 Å². The predicted octanol–water partition coefficient (Wildman–Crippen LogP) is 1.56. The van der Waals surface area contributed by atoms with Crippen LogP contribution >= 0.6 is 0 Å². The molecule has 5 nitrogen and oxygen atoms in total. The van der Waals surface area contributed by atoms with Gasteiger partial charge in [0, 0.05) is 25.2 Å². The van der Waals surface area contributed by atoms with Crippen molar-refractivity contribution >= 4 is 15.7 Å². The summed E-state index contributed by atoms with van der Waals surface area (Å²) < 4.78 is 52.9. The number of nitrogen functional groups attached to an aromatic ring is 1. The zero-order valence-electron chi connectivity index (χ0n) is 12.4. The Morgan fingerprint density at radius 3 is 2.52 bits per heavy atom. The van der Waals surface area contributed by atoms with Crippen LogP contribution in [0.5, 0.6) is 0 Å². The third kappa shape index (κ3) is 4.62. The average molecular weight is 321 g/mol. The fourth-order valence-corrected chi connectivity index (χ4v) is 2.83. The monoisotopic (exact) mass is 321 g/mol. The molecule has 1 rings (SSSR count). The van der Waals surface area contributed by atoms with E-state index in [0.29, 0.717) is 18.7 Å². The number of hydrogen-bond donors (Lipinski definition) is 2. The lowest BCUT2D eigenvalue weighted by atomic mass is 10.2. The first-order valence-corrected chi connectivity index (χ1v) is 8.11. The Kier molecular flexibility index (Phi) is 6.06. The number of hydrogen-bond acceptors (Lipinski definition) is 4. The molecule has 1 aromatic rings. The lowest BCUT2D eigenvalue weighted by Gasteiger charge is -2.23. The van der Waals surface area contributed by atoms with E-state index in [-0.39, 0.29) is 6.54 Å². The minimum Gasteiger partial charge on any atom is -0.396 e. The molecule has 0 aromatic heterocycles. The van der Waals surface area contributed by atoms with Gasteiger partial charge < -0.3 is 10.6 Å². The number of benzene rings is 1. The van der Waals surface area contributed by atoms with Gasteiger partial charge in [0.15, 0.2) is 0 Å². The SMILES string of the molecule is CCC(C)N(C)CCNS(=O)(=O)c1cc(N)c(F)cc1F. The molecule has 0 saturated heterocycles. The van der Waals surface area contributed by atoms with Gasteiger partial charge >= 0.3 is 0 Å². The molecule has 1 aromatic carbocycles. The van der Waals surface area contributed by atoms with Crippen LogP contribution in [0, 0.1) is 11.6 Å². The van der Waals surface area contributed by atoms with Gasteiger partial charge in [-0.1, -0.05) is 6.92 Å². The number of nitrogens with two attached hydrogens (primary N) is 1. The molecular formula is C13H21F2N3O2S. The summed E-state index contributed by atoms with van der Waals surface area (Å²) in [6.07, 6.45) is 0.937. The van der Waals surface area contributed by atoms with Crippen LogP contribution < -0.4 is 10.5 Å². The molecule has 0 aliphatic rings. The van der Waals surface area contributed by atoms with E-state index in [2.05, 4.69) is 4.72 Å². The number of nitrogens with zero attached hydrogens (tertiary/aromatic N) is 1. The fraction of sp³-hybridized carbons (Fsp3) is 0.538. The maximum atomic E-state index is 13.6. The van der Waals surface area contributed by atoms with E-state index in [1.807, 2.05) is 25.8 Å². The molecule has 0 bridgehead atoms. The van der Waals surface area contributed by atoms with E-state index in [1.54, 1.807) is 0 Å². The molecule has 1 atom stereocenters. The molecule has 0 fully saturated rings. The number of nitrogens with one attached hydrogen (secondary N) is 1. The molecule has 0 heterocycles. The number of likely N-dealkylation sites (N-methyl/N-ethyl adjacent to an activating group) is 1. The van der Waals surface area contributed by atoms with Gasteiger partial charge in [0.2, 0.25) is 10.0 Å². The Morgan fingerprint density at radius 1 is 1.33 bits per heavy atom. The summed E-state index contributed by atoms with van der Waals surface area (Å²) in [5.41, 5.74) is 4.87. The first-order chi connectivity index (χ1) is 9.69. The minimum absolute atomic E-state index is 0.125. The van der Waals surface area contributed by atoms with Crippen molar-refractivity contribution < 1.29 is 17.2 Å². The molecule has 0 aliphatic heterocycles. The molecule has 0 spiro atoms. The Balaban J connectivity index is 2.77. The lowest BCUT2D eigenvalue weighted by molar-refractivity contribution is 0.256. The molecule has 0 radical (unpaired) electrons. The molecular weight excluding hydrogens is 300 g/mol. The standard InChI is InChI=1S/C13H21F2N3O2S/c1-4-9(2)18(3)6-5-17-21(19,20)13-8-12(16)10(14)7-11(13)15/h7-9,17H,4-6,16H2,1-3H3. The average Bonchev–Trinajstić information content (AvgIpc) is 2.41. The Labute approximate surface area is 124 Å². The van der Waals surface area contributed by atoms with E-state index in [0.717, 1.165) is 12.5 Å².